The fourth-order valence-corrected chi connectivity index (χ4v) is 4.54. The number of aromatic nitrogens is 1. The molecule has 0 saturated carbocycles. The molecule has 1 heterocycles. The van der Waals surface area contributed by atoms with Crippen molar-refractivity contribution in [1.82, 2.24) is 3.97 Å². The number of halogens is 1. The Labute approximate surface area is 139 Å². The molecule has 8 heteroatoms. The average Bonchev–Trinajstić information content (AvgIpc) is 2.86. The monoisotopic (exact) mass is 428 g/mol. The minimum Gasteiger partial charge on any atom is -0.258 e. The van der Waals surface area contributed by atoms with Gasteiger partial charge in [0.1, 0.15) is 5.52 Å². The van der Waals surface area contributed by atoms with Crippen LogP contribution in [0.5, 0.6) is 0 Å². The Kier molecular flexibility index (Phi) is 3.65. The molecule has 0 aliphatic carbocycles. The Morgan fingerprint density at radius 3 is 2.36 bits per heavy atom. The summed E-state index contributed by atoms with van der Waals surface area (Å²) >= 11 is 1.97. The molecule has 22 heavy (non-hydrogen) atoms. The van der Waals surface area contributed by atoms with Gasteiger partial charge in [-0.25, -0.2) is 12.4 Å². The Balaban J connectivity index is 2.40. The van der Waals surface area contributed by atoms with Gasteiger partial charge in [-0.05, 0) is 34.7 Å². The normalized spacial score (nSPS) is 11.7. The second-order valence-corrected chi connectivity index (χ2v) is 7.50. The van der Waals surface area contributed by atoms with Crippen molar-refractivity contribution in [2.45, 2.75) is 4.90 Å². The minimum absolute atomic E-state index is 0.0840. The lowest BCUT2D eigenvalue weighted by atomic mass is 10.2. The molecular formula is C14H9IN2O4S. The van der Waals surface area contributed by atoms with Crippen LogP contribution >= 0.6 is 22.6 Å². The number of hydrogen-bond acceptors (Lipinski definition) is 4. The molecule has 6 nitrogen and oxygen atoms in total. The van der Waals surface area contributed by atoms with E-state index in [9.17, 15) is 18.5 Å². The van der Waals surface area contributed by atoms with Gasteiger partial charge in [0.25, 0.3) is 15.7 Å². The smallest absolute Gasteiger partial charge is 0.258 e. The summed E-state index contributed by atoms with van der Waals surface area (Å²) in [7, 11) is -3.89. The van der Waals surface area contributed by atoms with E-state index in [1.54, 1.807) is 30.3 Å². The Hall–Kier alpha value is -1.94. The third-order valence-corrected chi connectivity index (χ3v) is 5.75. The Bertz CT molecular complexity index is 981. The van der Waals surface area contributed by atoms with Gasteiger partial charge in [0.2, 0.25) is 0 Å². The molecule has 0 atom stereocenters. The lowest BCUT2D eigenvalue weighted by molar-refractivity contribution is -0.383. The average molecular weight is 428 g/mol. The first kappa shape index (κ1) is 15.0. The van der Waals surface area contributed by atoms with E-state index in [-0.39, 0.29) is 16.1 Å². The van der Waals surface area contributed by atoms with Crippen molar-refractivity contribution in [3.8, 4) is 0 Å². The van der Waals surface area contributed by atoms with Crippen LogP contribution in [0.1, 0.15) is 0 Å². The van der Waals surface area contributed by atoms with Crippen LogP contribution in [-0.4, -0.2) is 17.3 Å². The number of nitro benzene ring substituents is 1. The summed E-state index contributed by atoms with van der Waals surface area (Å²) in [6.45, 7) is 0. The fraction of sp³-hybridized carbons (Fsp3) is 0. The van der Waals surface area contributed by atoms with Crippen LogP contribution in [0, 0.1) is 13.7 Å². The molecule has 0 amide bonds. The molecule has 0 fully saturated rings. The standard InChI is InChI=1S/C14H9IN2O4S/c15-12-9-16(22(20,21)10-5-2-1-3-6-10)14-11(12)7-4-8-13(14)17(18)19/h1-9H. The topological polar surface area (TPSA) is 82.2 Å². The molecule has 0 spiro atoms. The predicted molar refractivity (Wildman–Crippen MR) is 90.3 cm³/mol. The maximum Gasteiger partial charge on any atom is 0.294 e. The van der Waals surface area contributed by atoms with Crippen molar-refractivity contribution in [1.29, 1.82) is 0 Å². The second kappa shape index (κ2) is 5.36. The first-order chi connectivity index (χ1) is 10.4. The summed E-state index contributed by atoms with van der Waals surface area (Å²) in [4.78, 5) is 10.7. The molecule has 0 aliphatic heterocycles. The summed E-state index contributed by atoms with van der Waals surface area (Å²) in [5.41, 5.74) is -0.152. The van der Waals surface area contributed by atoms with Crippen LogP contribution in [0.4, 0.5) is 5.69 Å². The van der Waals surface area contributed by atoms with Crippen molar-refractivity contribution in [3.63, 3.8) is 0 Å². The predicted octanol–water partition coefficient (Wildman–Crippen LogP) is 3.39. The van der Waals surface area contributed by atoms with E-state index < -0.39 is 14.9 Å². The van der Waals surface area contributed by atoms with Gasteiger partial charge in [0.15, 0.2) is 0 Å². The van der Waals surface area contributed by atoms with E-state index in [4.69, 9.17) is 0 Å². The zero-order chi connectivity index (χ0) is 15.9. The van der Waals surface area contributed by atoms with Crippen molar-refractivity contribution in [3.05, 3.63) is 68.4 Å². The molecular weight excluding hydrogens is 419 g/mol. The van der Waals surface area contributed by atoms with Crippen LogP contribution < -0.4 is 0 Å². The summed E-state index contributed by atoms with van der Waals surface area (Å²) in [5, 5.41) is 11.8. The van der Waals surface area contributed by atoms with E-state index in [0.717, 1.165) is 3.97 Å². The number of hydrogen-bond donors (Lipinski definition) is 0. The number of para-hydroxylation sites is 1. The van der Waals surface area contributed by atoms with Gasteiger partial charge in [-0.15, -0.1) is 0 Å². The molecule has 2 aromatic carbocycles. The first-order valence-corrected chi connectivity index (χ1v) is 8.69. The van der Waals surface area contributed by atoms with Gasteiger partial charge in [0.05, 0.1) is 9.82 Å². The van der Waals surface area contributed by atoms with E-state index in [0.29, 0.717) is 8.96 Å². The van der Waals surface area contributed by atoms with Gasteiger partial charge in [-0.2, -0.15) is 0 Å². The number of nitrogens with zero attached hydrogens (tertiary/aromatic N) is 2. The summed E-state index contributed by atoms with van der Waals surface area (Å²) in [6, 6.07) is 12.4. The van der Waals surface area contributed by atoms with E-state index >= 15 is 0 Å². The van der Waals surface area contributed by atoms with Gasteiger partial charge < -0.3 is 0 Å². The van der Waals surface area contributed by atoms with Crippen LogP contribution in [0.2, 0.25) is 0 Å². The van der Waals surface area contributed by atoms with E-state index in [2.05, 4.69) is 0 Å². The third kappa shape index (κ3) is 2.28. The highest BCUT2D eigenvalue weighted by Gasteiger charge is 2.25. The minimum atomic E-state index is -3.89. The Morgan fingerprint density at radius 2 is 1.73 bits per heavy atom. The highest BCUT2D eigenvalue weighted by molar-refractivity contribution is 14.1. The first-order valence-electron chi connectivity index (χ1n) is 6.17. The number of benzene rings is 2. The van der Waals surface area contributed by atoms with Gasteiger partial charge in [-0.1, -0.05) is 30.3 Å². The number of rotatable bonds is 3. The maximum atomic E-state index is 12.8. The highest BCUT2D eigenvalue weighted by atomic mass is 127. The maximum absolute atomic E-state index is 12.8. The zero-order valence-corrected chi connectivity index (χ0v) is 14.0. The molecule has 0 saturated heterocycles. The molecule has 3 aromatic rings. The zero-order valence-electron chi connectivity index (χ0n) is 11.0. The summed E-state index contributed by atoms with van der Waals surface area (Å²) in [5.74, 6) is 0. The summed E-state index contributed by atoms with van der Waals surface area (Å²) < 4.78 is 27.2. The molecule has 0 N–H and O–H groups in total. The molecule has 0 unspecified atom stereocenters. The number of fused-ring (bicyclic) bond motifs is 1. The van der Waals surface area contributed by atoms with Crippen molar-refractivity contribution in [2.75, 3.05) is 0 Å². The molecule has 1 aromatic heterocycles. The SMILES string of the molecule is O=[N+]([O-])c1cccc2c(I)cn(S(=O)(=O)c3ccccc3)c12. The fourth-order valence-electron chi connectivity index (χ4n) is 2.24. The van der Waals surface area contributed by atoms with Gasteiger partial charge in [-0.3, -0.25) is 10.1 Å². The van der Waals surface area contributed by atoms with Crippen molar-refractivity contribution in [2.24, 2.45) is 0 Å². The lowest BCUT2D eigenvalue weighted by Gasteiger charge is -2.07. The van der Waals surface area contributed by atoms with Crippen LogP contribution in [0.25, 0.3) is 10.9 Å². The summed E-state index contributed by atoms with van der Waals surface area (Å²) in [6.07, 6.45) is 1.40. The molecule has 0 aliphatic rings. The van der Waals surface area contributed by atoms with Crippen molar-refractivity contribution >= 4 is 49.2 Å². The quantitative estimate of drug-likeness (QED) is 0.364. The molecule has 3 rings (SSSR count). The number of nitro groups is 1. The molecule has 0 radical (unpaired) electrons. The Morgan fingerprint density at radius 1 is 1.05 bits per heavy atom. The van der Waals surface area contributed by atoms with Crippen LogP contribution in [-0.2, 0) is 10.0 Å². The van der Waals surface area contributed by atoms with E-state index in [1.807, 2.05) is 22.6 Å². The highest BCUT2D eigenvalue weighted by Crippen LogP contribution is 2.33. The van der Waals surface area contributed by atoms with Gasteiger partial charge in [0, 0.05) is 21.2 Å². The molecule has 0 bridgehead atoms. The van der Waals surface area contributed by atoms with E-state index in [1.165, 1.54) is 24.4 Å². The van der Waals surface area contributed by atoms with Crippen LogP contribution in [0.3, 0.4) is 0 Å². The lowest BCUT2D eigenvalue weighted by Crippen LogP contribution is -2.12. The second-order valence-electron chi connectivity index (χ2n) is 4.52. The van der Waals surface area contributed by atoms with Crippen molar-refractivity contribution < 1.29 is 13.3 Å². The number of non-ortho nitro benzene ring substituents is 1. The van der Waals surface area contributed by atoms with Gasteiger partial charge >= 0.3 is 0 Å². The van der Waals surface area contributed by atoms with Crippen LogP contribution in [0.15, 0.2) is 59.6 Å². The third-order valence-electron chi connectivity index (χ3n) is 3.22. The largest absolute Gasteiger partial charge is 0.294 e. The molecule has 112 valence electrons.